The fourth-order valence-corrected chi connectivity index (χ4v) is 2.33. The maximum Gasteiger partial charge on any atom is 0.119 e. The van der Waals surface area contributed by atoms with E-state index >= 15 is 0 Å². The fraction of sp³-hybridized carbons (Fsp3) is 0.647. The van der Waals surface area contributed by atoms with Gasteiger partial charge in [0.1, 0.15) is 5.75 Å². The number of ether oxygens (including phenoxy) is 1. The second kappa shape index (κ2) is 8.21. The highest BCUT2D eigenvalue weighted by Gasteiger charge is 2.11. The summed E-state index contributed by atoms with van der Waals surface area (Å²) in [5, 5.41) is 0. The van der Waals surface area contributed by atoms with Gasteiger partial charge in [0.05, 0.1) is 6.61 Å². The summed E-state index contributed by atoms with van der Waals surface area (Å²) in [4.78, 5) is 0. The summed E-state index contributed by atoms with van der Waals surface area (Å²) in [6.45, 7) is 9.53. The molecule has 0 amide bonds. The monoisotopic (exact) mass is 263 g/mol. The Morgan fingerprint density at radius 3 is 2.53 bits per heavy atom. The molecule has 0 radical (unpaired) electrons. The van der Waals surface area contributed by atoms with E-state index in [9.17, 15) is 0 Å². The Labute approximate surface area is 118 Å². The van der Waals surface area contributed by atoms with Crippen LogP contribution in [0.2, 0.25) is 0 Å². The standard InChI is InChI=1S/C17H29NO/c1-5-11-19-16-9-10-17(14(4)12-16)13(3)7-8-15(18)6-2/h9-10,12-13,15H,5-8,11,18H2,1-4H3. The van der Waals surface area contributed by atoms with Gasteiger partial charge < -0.3 is 10.5 Å². The number of hydrogen-bond donors (Lipinski definition) is 1. The van der Waals surface area contributed by atoms with Crippen LogP contribution in [0.4, 0.5) is 0 Å². The molecule has 1 aromatic carbocycles. The highest BCUT2D eigenvalue weighted by atomic mass is 16.5. The number of hydrogen-bond acceptors (Lipinski definition) is 2. The minimum Gasteiger partial charge on any atom is -0.494 e. The van der Waals surface area contributed by atoms with Crippen LogP contribution in [0.25, 0.3) is 0 Å². The zero-order valence-corrected chi connectivity index (χ0v) is 12.9. The lowest BCUT2D eigenvalue weighted by molar-refractivity contribution is 0.317. The van der Waals surface area contributed by atoms with Crippen molar-refractivity contribution in [1.82, 2.24) is 0 Å². The maximum atomic E-state index is 6.00. The van der Waals surface area contributed by atoms with Gasteiger partial charge in [0.25, 0.3) is 0 Å². The smallest absolute Gasteiger partial charge is 0.119 e. The minimum absolute atomic E-state index is 0.343. The Hall–Kier alpha value is -1.02. The molecule has 0 spiro atoms. The number of aryl methyl sites for hydroxylation is 1. The third-order valence-corrected chi connectivity index (χ3v) is 3.74. The summed E-state index contributed by atoms with van der Waals surface area (Å²) in [6.07, 6.45) is 4.37. The Balaban J connectivity index is 2.62. The van der Waals surface area contributed by atoms with Crippen LogP contribution in [-0.4, -0.2) is 12.6 Å². The van der Waals surface area contributed by atoms with Crippen LogP contribution in [0.5, 0.6) is 5.75 Å². The summed E-state index contributed by atoms with van der Waals surface area (Å²) < 4.78 is 5.67. The summed E-state index contributed by atoms with van der Waals surface area (Å²) in [5.41, 5.74) is 8.74. The lowest BCUT2D eigenvalue weighted by Gasteiger charge is -2.17. The van der Waals surface area contributed by atoms with E-state index in [4.69, 9.17) is 10.5 Å². The van der Waals surface area contributed by atoms with Gasteiger partial charge in [0.15, 0.2) is 0 Å². The van der Waals surface area contributed by atoms with Crippen LogP contribution in [0, 0.1) is 6.92 Å². The van der Waals surface area contributed by atoms with Crippen molar-refractivity contribution in [2.75, 3.05) is 6.61 Å². The first-order valence-corrected chi connectivity index (χ1v) is 7.57. The van der Waals surface area contributed by atoms with E-state index in [1.807, 2.05) is 0 Å². The van der Waals surface area contributed by atoms with E-state index in [0.29, 0.717) is 12.0 Å². The third-order valence-electron chi connectivity index (χ3n) is 3.74. The Morgan fingerprint density at radius 2 is 1.95 bits per heavy atom. The largest absolute Gasteiger partial charge is 0.494 e. The molecular weight excluding hydrogens is 234 g/mol. The Bertz CT molecular complexity index is 376. The average Bonchev–Trinajstić information content (AvgIpc) is 2.42. The van der Waals surface area contributed by atoms with Gasteiger partial charge in [0, 0.05) is 6.04 Å². The van der Waals surface area contributed by atoms with E-state index in [1.54, 1.807) is 0 Å². The lowest BCUT2D eigenvalue weighted by atomic mass is 9.91. The zero-order chi connectivity index (χ0) is 14.3. The SMILES string of the molecule is CCCOc1ccc(C(C)CCC(N)CC)c(C)c1. The second-order valence-electron chi connectivity index (χ2n) is 5.51. The highest BCUT2D eigenvalue weighted by molar-refractivity contribution is 5.36. The molecule has 2 nitrogen and oxygen atoms in total. The second-order valence-corrected chi connectivity index (χ2v) is 5.51. The molecular formula is C17H29NO. The molecule has 108 valence electrons. The molecule has 1 aromatic rings. The van der Waals surface area contributed by atoms with Crippen LogP contribution >= 0.6 is 0 Å². The number of nitrogens with two attached hydrogens (primary N) is 1. The van der Waals surface area contributed by atoms with E-state index in [1.165, 1.54) is 11.1 Å². The zero-order valence-electron chi connectivity index (χ0n) is 12.9. The average molecular weight is 263 g/mol. The topological polar surface area (TPSA) is 35.2 Å². The van der Waals surface area contributed by atoms with Crippen molar-refractivity contribution >= 4 is 0 Å². The van der Waals surface area contributed by atoms with Crippen LogP contribution in [0.3, 0.4) is 0 Å². The van der Waals surface area contributed by atoms with Crippen molar-refractivity contribution in [2.45, 2.75) is 65.3 Å². The Kier molecular flexibility index (Phi) is 6.93. The normalized spacial score (nSPS) is 14.2. The van der Waals surface area contributed by atoms with Crippen molar-refractivity contribution in [2.24, 2.45) is 5.73 Å². The fourth-order valence-electron chi connectivity index (χ4n) is 2.33. The molecule has 0 aliphatic rings. The molecule has 0 saturated heterocycles. The molecule has 2 heteroatoms. The van der Waals surface area contributed by atoms with E-state index in [0.717, 1.165) is 38.0 Å². The van der Waals surface area contributed by atoms with Gasteiger partial charge in [-0.3, -0.25) is 0 Å². The predicted octanol–water partition coefficient (Wildman–Crippen LogP) is 4.40. The molecule has 0 aromatic heterocycles. The molecule has 0 bridgehead atoms. The van der Waals surface area contributed by atoms with E-state index in [2.05, 4.69) is 45.9 Å². The van der Waals surface area contributed by atoms with Crippen molar-refractivity contribution in [3.8, 4) is 5.75 Å². The summed E-state index contributed by atoms with van der Waals surface area (Å²) in [7, 11) is 0. The Morgan fingerprint density at radius 1 is 1.21 bits per heavy atom. The van der Waals surface area contributed by atoms with Gasteiger partial charge in [-0.2, -0.15) is 0 Å². The first kappa shape index (κ1) is 16.0. The van der Waals surface area contributed by atoms with E-state index in [-0.39, 0.29) is 0 Å². The van der Waals surface area contributed by atoms with Crippen molar-refractivity contribution in [3.63, 3.8) is 0 Å². The van der Waals surface area contributed by atoms with Gasteiger partial charge in [-0.25, -0.2) is 0 Å². The summed E-state index contributed by atoms with van der Waals surface area (Å²) in [5.74, 6) is 1.55. The van der Waals surface area contributed by atoms with Crippen LogP contribution in [0.1, 0.15) is 63.5 Å². The molecule has 19 heavy (non-hydrogen) atoms. The maximum absolute atomic E-state index is 6.00. The summed E-state index contributed by atoms with van der Waals surface area (Å²) in [6, 6.07) is 6.80. The van der Waals surface area contributed by atoms with Gasteiger partial charge in [-0.15, -0.1) is 0 Å². The van der Waals surface area contributed by atoms with Crippen LogP contribution in [-0.2, 0) is 0 Å². The van der Waals surface area contributed by atoms with Crippen LogP contribution < -0.4 is 10.5 Å². The highest BCUT2D eigenvalue weighted by Crippen LogP contribution is 2.27. The molecule has 0 heterocycles. The van der Waals surface area contributed by atoms with Crippen molar-refractivity contribution < 1.29 is 4.74 Å². The van der Waals surface area contributed by atoms with E-state index < -0.39 is 0 Å². The van der Waals surface area contributed by atoms with Gasteiger partial charge >= 0.3 is 0 Å². The van der Waals surface area contributed by atoms with Gasteiger partial charge in [-0.1, -0.05) is 26.8 Å². The van der Waals surface area contributed by atoms with Gasteiger partial charge in [-0.05, 0) is 61.8 Å². The molecule has 0 aliphatic heterocycles. The van der Waals surface area contributed by atoms with Crippen LogP contribution in [0.15, 0.2) is 18.2 Å². The molecule has 1 rings (SSSR count). The molecule has 0 saturated carbocycles. The third kappa shape index (κ3) is 5.23. The minimum atomic E-state index is 0.343. The van der Waals surface area contributed by atoms with Crippen molar-refractivity contribution in [3.05, 3.63) is 29.3 Å². The summed E-state index contributed by atoms with van der Waals surface area (Å²) >= 11 is 0. The molecule has 0 fully saturated rings. The number of rotatable bonds is 8. The first-order chi connectivity index (χ1) is 9.08. The van der Waals surface area contributed by atoms with Crippen molar-refractivity contribution in [1.29, 1.82) is 0 Å². The quantitative estimate of drug-likeness (QED) is 0.754. The first-order valence-electron chi connectivity index (χ1n) is 7.57. The predicted molar refractivity (Wildman–Crippen MR) is 82.9 cm³/mol. The molecule has 0 aliphatic carbocycles. The number of benzene rings is 1. The molecule has 2 unspecified atom stereocenters. The lowest BCUT2D eigenvalue weighted by Crippen LogP contribution is -2.19. The molecule has 2 N–H and O–H groups in total. The van der Waals surface area contributed by atoms with Gasteiger partial charge in [0.2, 0.25) is 0 Å². The molecule has 2 atom stereocenters.